The number of nitro benzene ring substituents is 1. The van der Waals surface area contributed by atoms with Crippen LogP contribution in [0.4, 0.5) is 10.1 Å². The van der Waals surface area contributed by atoms with Crippen LogP contribution in [0.5, 0.6) is 0 Å². The van der Waals surface area contributed by atoms with Gasteiger partial charge in [0.25, 0.3) is 0 Å². The minimum Gasteiger partial charge on any atom is -0.258 e. The molecular weight excluding hydrogens is 287 g/mol. The third kappa shape index (κ3) is 3.97. The number of nitro groups is 1. The number of nitrogens with zero attached hydrogens (tertiary/aromatic N) is 1. The Morgan fingerprint density at radius 3 is 2.45 bits per heavy atom. The van der Waals surface area contributed by atoms with E-state index in [2.05, 4.69) is 4.72 Å². The highest BCUT2D eigenvalue weighted by molar-refractivity contribution is 7.89. The van der Waals surface area contributed by atoms with Gasteiger partial charge in [0.05, 0.1) is 9.82 Å². The first-order chi connectivity index (χ1) is 9.09. The molecule has 0 spiro atoms. The molecule has 20 heavy (non-hydrogen) atoms. The van der Waals surface area contributed by atoms with Crippen LogP contribution in [0.15, 0.2) is 23.1 Å². The largest absolute Gasteiger partial charge is 0.304 e. The molecule has 0 atom stereocenters. The third-order valence-corrected chi connectivity index (χ3v) is 4.41. The summed E-state index contributed by atoms with van der Waals surface area (Å²) in [6.07, 6.45) is 1.39. The second-order valence-corrected chi connectivity index (χ2v) is 6.79. The standard InChI is InChI=1S/C12H17FN2O4S/c1-4-7-12(2,3)14-20(18,19)9-5-6-11(15(16)17)10(13)8-9/h5-6,8,14H,4,7H2,1-3H3. The van der Waals surface area contributed by atoms with Crippen molar-refractivity contribution in [2.75, 3.05) is 0 Å². The number of hydrogen-bond donors (Lipinski definition) is 1. The zero-order valence-corrected chi connectivity index (χ0v) is 12.3. The topological polar surface area (TPSA) is 89.3 Å². The Balaban J connectivity index is 3.11. The monoisotopic (exact) mass is 304 g/mol. The van der Waals surface area contributed by atoms with Gasteiger partial charge in [-0.1, -0.05) is 13.3 Å². The molecule has 112 valence electrons. The number of rotatable bonds is 6. The van der Waals surface area contributed by atoms with Gasteiger partial charge in [0.15, 0.2) is 0 Å². The summed E-state index contributed by atoms with van der Waals surface area (Å²) in [5, 5.41) is 10.5. The minimum absolute atomic E-state index is 0.329. The van der Waals surface area contributed by atoms with E-state index in [0.29, 0.717) is 12.5 Å². The number of halogens is 1. The van der Waals surface area contributed by atoms with Crippen molar-refractivity contribution in [1.29, 1.82) is 0 Å². The van der Waals surface area contributed by atoms with Gasteiger partial charge in [0, 0.05) is 17.7 Å². The van der Waals surface area contributed by atoms with Crippen LogP contribution in [-0.4, -0.2) is 18.9 Å². The van der Waals surface area contributed by atoms with E-state index in [4.69, 9.17) is 0 Å². The average molecular weight is 304 g/mol. The van der Waals surface area contributed by atoms with Gasteiger partial charge in [-0.2, -0.15) is 4.39 Å². The van der Waals surface area contributed by atoms with E-state index in [1.54, 1.807) is 13.8 Å². The van der Waals surface area contributed by atoms with Gasteiger partial charge in [-0.3, -0.25) is 10.1 Å². The molecule has 0 saturated carbocycles. The van der Waals surface area contributed by atoms with E-state index >= 15 is 0 Å². The summed E-state index contributed by atoms with van der Waals surface area (Å²) in [6, 6.07) is 2.52. The highest BCUT2D eigenvalue weighted by Gasteiger charge is 2.27. The van der Waals surface area contributed by atoms with E-state index in [9.17, 15) is 22.9 Å². The predicted molar refractivity (Wildman–Crippen MR) is 72.4 cm³/mol. The average Bonchev–Trinajstić information content (AvgIpc) is 2.26. The van der Waals surface area contributed by atoms with Crippen molar-refractivity contribution in [2.24, 2.45) is 0 Å². The van der Waals surface area contributed by atoms with Gasteiger partial charge < -0.3 is 0 Å². The van der Waals surface area contributed by atoms with E-state index < -0.39 is 32.0 Å². The quantitative estimate of drug-likeness (QED) is 0.646. The fraction of sp³-hybridized carbons (Fsp3) is 0.500. The summed E-state index contributed by atoms with van der Waals surface area (Å²) in [5.41, 5.74) is -1.43. The summed E-state index contributed by atoms with van der Waals surface area (Å²) in [5.74, 6) is -1.17. The van der Waals surface area contributed by atoms with Crippen LogP contribution in [0.3, 0.4) is 0 Å². The van der Waals surface area contributed by atoms with Crippen LogP contribution in [0.2, 0.25) is 0 Å². The van der Waals surface area contributed by atoms with Crippen molar-refractivity contribution >= 4 is 15.7 Å². The van der Waals surface area contributed by atoms with Crippen LogP contribution in [-0.2, 0) is 10.0 Å². The van der Waals surface area contributed by atoms with Crippen LogP contribution in [0, 0.1) is 15.9 Å². The molecule has 0 saturated heterocycles. The van der Waals surface area contributed by atoms with Crippen molar-refractivity contribution in [3.63, 3.8) is 0 Å². The Hall–Kier alpha value is -1.54. The number of benzene rings is 1. The number of hydrogen-bond acceptors (Lipinski definition) is 4. The molecule has 0 bridgehead atoms. The fourth-order valence-corrected chi connectivity index (χ4v) is 3.35. The lowest BCUT2D eigenvalue weighted by Gasteiger charge is -2.25. The minimum atomic E-state index is -3.92. The summed E-state index contributed by atoms with van der Waals surface area (Å²) >= 11 is 0. The first-order valence-corrected chi connectivity index (χ1v) is 7.55. The van der Waals surface area contributed by atoms with Crippen molar-refractivity contribution in [3.8, 4) is 0 Å². The smallest absolute Gasteiger partial charge is 0.258 e. The van der Waals surface area contributed by atoms with Gasteiger partial charge in [-0.05, 0) is 26.3 Å². The van der Waals surface area contributed by atoms with E-state index in [0.717, 1.165) is 18.6 Å². The fourth-order valence-electron chi connectivity index (χ4n) is 1.90. The second-order valence-electron chi connectivity index (χ2n) is 5.11. The van der Waals surface area contributed by atoms with Gasteiger partial charge in [-0.25, -0.2) is 13.1 Å². The molecule has 1 N–H and O–H groups in total. The summed E-state index contributed by atoms with van der Waals surface area (Å²) in [7, 11) is -3.92. The van der Waals surface area contributed by atoms with Gasteiger partial charge in [0.2, 0.25) is 15.8 Å². The van der Waals surface area contributed by atoms with Crippen molar-refractivity contribution in [2.45, 2.75) is 44.0 Å². The highest BCUT2D eigenvalue weighted by atomic mass is 32.2. The predicted octanol–water partition coefficient (Wildman–Crippen LogP) is 2.59. The lowest BCUT2D eigenvalue weighted by Crippen LogP contribution is -2.43. The molecule has 0 unspecified atom stereocenters. The molecule has 6 nitrogen and oxygen atoms in total. The summed E-state index contributed by atoms with van der Waals surface area (Å²) < 4.78 is 40.2. The normalized spacial score (nSPS) is 12.4. The molecule has 0 fully saturated rings. The molecule has 8 heteroatoms. The molecular formula is C12H17FN2O4S. The molecule has 1 aromatic rings. The lowest BCUT2D eigenvalue weighted by molar-refractivity contribution is -0.387. The van der Waals surface area contributed by atoms with Crippen LogP contribution < -0.4 is 4.72 Å². The second kappa shape index (κ2) is 5.84. The molecule has 0 aliphatic carbocycles. The van der Waals surface area contributed by atoms with Crippen LogP contribution >= 0.6 is 0 Å². The zero-order valence-electron chi connectivity index (χ0n) is 11.5. The maximum Gasteiger partial charge on any atom is 0.304 e. The van der Waals surface area contributed by atoms with Gasteiger partial charge in [-0.15, -0.1) is 0 Å². The molecule has 0 heterocycles. The maximum atomic E-state index is 13.5. The Morgan fingerprint density at radius 2 is 2.00 bits per heavy atom. The van der Waals surface area contributed by atoms with Crippen molar-refractivity contribution < 1.29 is 17.7 Å². The third-order valence-electron chi connectivity index (χ3n) is 2.71. The Morgan fingerprint density at radius 1 is 1.40 bits per heavy atom. The Labute approximate surface area is 117 Å². The van der Waals surface area contributed by atoms with Crippen molar-refractivity contribution in [3.05, 3.63) is 34.1 Å². The van der Waals surface area contributed by atoms with Crippen LogP contribution in [0.1, 0.15) is 33.6 Å². The highest BCUT2D eigenvalue weighted by Crippen LogP contribution is 2.22. The van der Waals surface area contributed by atoms with E-state index in [1.807, 2.05) is 6.92 Å². The van der Waals surface area contributed by atoms with Crippen LogP contribution in [0.25, 0.3) is 0 Å². The van der Waals surface area contributed by atoms with Gasteiger partial charge >= 0.3 is 5.69 Å². The lowest BCUT2D eigenvalue weighted by atomic mass is 10.0. The molecule has 0 aromatic heterocycles. The molecule has 1 rings (SSSR count). The molecule has 0 amide bonds. The Bertz CT molecular complexity index is 614. The van der Waals surface area contributed by atoms with Crippen molar-refractivity contribution in [1.82, 2.24) is 4.72 Å². The Kier molecular flexibility index (Phi) is 4.82. The molecule has 0 aliphatic rings. The summed E-state index contributed by atoms with van der Waals surface area (Å²) in [4.78, 5) is 9.27. The number of nitrogens with one attached hydrogen (secondary N) is 1. The zero-order chi connectivity index (χ0) is 15.6. The number of sulfonamides is 1. The van der Waals surface area contributed by atoms with E-state index in [-0.39, 0.29) is 4.90 Å². The van der Waals surface area contributed by atoms with E-state index in [1.165, 1.54) is 0 Å². The first kappa shape index (κ1) is 16.5. The molecule has 0 aliphatic heterocycles. The first-order valence-electron chi connectivity index (χ1n) is 6.07. The molecule has 0 radical (unpaired) electrons. The van der Waals surface area contributed by atoms with Gasteiger partial charge in [0.1, 0.15) is 0 Å². The SMILES string of the molecule is CCCC(C)(C)NS(=O)(=O)c1ccc([N+](=O)[O-])c(F)c1. The molecule has 1 aromatic carbocycles. The maximum absolute atomic E-state index is 13.5. The summed E-state index contributed by atoms with van der Waals surface area (Å²) in [6.45, 7) is 5.35.